The molecule has 0 unspecified atom stereocenters. The van der Waals surface area contributed by atoms with Crippen LogP contribution in [0.5, 0.6) is 5.75 Å². The zero-order chi connectivity index (χ0) is 14.7. The van der Waals surface area contributed by atoms with Gasteiger partial charge in [0, 0.05) is 5.88 Å². The number of halogens is 3. The fourth-order valence-corrected chi connectivity index (χ4v) is 2.47. The maximum Gasteiger partial charge on any atom is 0.342 e. The lowest BCUT2D eigenvalue weighted by Crippen LogP contribution is -2.12. The molecule has 2 aromatic rings. The first-order valence-electron chi connectivity index (χ1n) is 5.77. The van der Waals surface area contributed by atoms with E-state index in [1.165, 1.54) is 6.26 Å². The first-order valence-corrected chi connectivity index (χ1v) is 7.06. The second-order valence-electron chi connectivity index (χ2n) is 4.18. The highest BCUT2D eigenvalue weighted by Crippen LogP contribution is 2.35. The summed E-state index contributed by atoms with van der Waals surface area (Å²) >= 11 is 17.9. The second kappa shape index (κ2) is 6.53. The Morgan fingerprint density at radius 3 is 2.45 bits per heavy atom. The Labute approximate surface area is 131 Å². The molecule has 0 saturated heterocycles. The van der Waals surface area contributed by atoms with Gasteiger partial charge in [0.05, 0.1) is 21.9 Å². The summed E-state index contributed by atoms with van der Waals surface area (Å²) in [5.74, 6) is 0.631. The van der Waals surface area contributed by atoms with Crippen molar-refractivity contribution in [2.24, 2.45) is 0 Å². The molecule has 1 aromatic heterocycles. The van der Waals surface area contributed by atoms with Crippen molar-refractivity contribution in [3.63, 3.8) is 0 Å². The average Bonchev–Trinajstić information content (AvgIpc) is 2.40. The van der Waals surface area contributed by atoms with Crippen LogP contribution in [0.15, 0.2) is 33.7 Å². The number of aryl methyl sites for hydroxylation is 1. The van der Waals surface area contributed by atoms with Crippen LogP contribution in [0.25, 0.3) is 0 Å². The first-order chi connectivity index (χ1) is 9.52. The van der Waals surface area contributed by atoms with Gasteiger partial charge in [-0.25, -0.2) is 4.79 Å². The van der Waals surface area contributed by atoms with Gasteiger partial charge in [0.25, 0.3) is 0 Å². The summed E-state index contributed by atoms with van der Waals surface area (Å²) in [6.07, 6.45) is 1.34. The van der Waals surface area contributed by atoms with Gasteiger partial charge in [0.2, 0.25) is 0 Å². The summed E-state index contributed by atoms with van der Waals surface area (Å²) in [4.78, 5) is 11.6. The summed E-state index contributed by atoms with van der Waals surface area (Å²) in [7, 11) is 0. The van der Waals surface area contributed by atoms with Gasteiger partial charge in [0.15, 0.2) is 5.75 Å². The molecule has 0 N–H and O–H groups in total. The number of ether oxygens (including phenoxy) is 1. The minimum Gasteiger partial charge on any atom is -0.485 e. The van der Waals surface area contributed by atoms with E-state index in [4.69, 9.17) is 44.0 Å². The van der Waals surface area contributed by atoms with Crippen LogP contribution in [0.4, 0.5) is 0 Å². The van der Waals surface area contributed by atoms with Gasteiger partial charge in [-0.2, -0.15) is 0 Å². The summed E-state index contributed by atoms with van der Waals surface area (Å²) < 4.78 is 10.4. The fourth-order valence-electron chi connectivity index (χ4n) is 1.68. The standard InChI is InChI=1S/C14H11Cl3O3/c1-8-2-3-19-14(18)10(8)7-20-13-11(16)4-9(6-15)5-12(13)17/h2-5H,6-7H2,1H3. The Morgan fingerprint density at radius 2 is 1.90 bits per heavy atom. The van der Waals surface area contributed by atoms with Crippen molar-refractivity contribution < 1.29 is 9.15 Å². The average molecular weight is 334 g/mol. The monoisotopic (exact) mass is 332 g/mol. The quantitative estimate of drug-likeness (QED) is 0.769. The fraction of sp³-hybridized carbons (Fsp3) is 0.214. The van der Waals surface area contributed by atoms with E-state index in [9.17, 15) is 4.79 Å². The summed E-state index contributed by atoms with van der Waals surface area (Å²) in [5.41, 5.74) is 1.57. The number of rotatable bonds is 4. The van der Waals surface area contributed by atoms with Crippen LogP contribution in [0, 0.1) is 6.92 Å². The van der Waals surface area contributed by atoms with E-state index in [0.717, 1.165) is 11.1 Å². The van der Waals surface area contributed by atoms with Crippen LogP contribution < -0.4 is 10.4 Å². The van der Waals surface area contributed by atoms with E-state index in [1.54, 1.807) is 25.1 Å². The minimum absolute atomic E-state index is 0.0364. The molecule has 0 bridgehead atoms. The Hall–Kier alpha value is -1.16. The first kappa shape index (κ1) is 15.2. The number of hydrogen-bond donors (Lipinski definition) is 0. The summed E-state index contributed by atoms with van der Waals surface area (Å²) in [6, 6.07) is 5.05. The van der Waals surface area contributed by atoms with Crippen molar-refractivity contribution in [3.8, 4) is 5.75 Å². The molecule has 0 radical (unpaired) electrons. The van der Waals surface area contributed by atoms with Gasteiger partial charge in [-0.05, 0) is 36.2 Å². The number of alkyl halides is 1. The van der Waals surface area contributed by atoms with Crippen molar-refractivity contribution in [1.29, 1.82) is 0 Å². The van der Waals surface area contributed by atoms with Crippen LogP contribution in [0.1, 0.15) is 16.7 Å². The predicted octanol–water partition coefficient (Wildman–Crippen LogP) is 4.57. The van der Waals surface area contributed by atoms with Crippen LogP contribution in [-0.4, -0.2) is 0 Å². The molecule has 0 saturated carbocycles. The van der Waals surface area contributed by atoms with Crippen LogP contribution in [-0.2, 0) is 12.5 Å². The molecule has 6 heteroatoms. The molecule has 0 aliphatic rings. The molecular weight excluding hydrogens is 323 g/mol. The SMILES string of the molecule is Cc1ccoc(=O)c1COc1c(Cl)cc(CCl)cc1Cl. The number of benzene rings is 1. The minimum atomic E-state index is -0.436. The molecule has 0 aliphatic carbocycles. The molecule has 0 atom stereocenters. The predicted molar refractivity (Wildman–Crippen MR) is 80.1 cm³/mol. The van der Waals surface area contributed by atoms with Crippen molar-refractivity contribution >= 4 is 34.8 Å². The van der Waals surface area contributed by atoms with Crippen molar-refractivity contribution in [2.75, 3.05) is 0 Å². The smallest absolute Gasteiger partial charge is 0.342 e. The van der Waals surface area contributed by atoms with E-state index in [0.29, 0.717) is 27.2 Å². The highest BCUT2D eigenvalue weighted by molar-refractivity contribution is 6.37. The van der Waals surface area contributed by atoms with E-state index in [-0.39, 0.29) is 6.61 Å². The lowest BCUT2D eigenvalue weighted by atomic mass is 10.2. The van der Waals surface area contributed by atoms with Gasteiger partial charge in [-0.3, -0.25) is 0 Å². The summed E-state index contributed by atoms with van der Waals surface area (Å²) in [6.45, 7) is 1.84. The molecule has 1 heterocycles. The second-order valence-corrected chi connectivity index (χ2v) is 5.26. The van der Waals surface area contributed by atoms with E-state index in [1.807, 2.05) is 0 Å². The highest BCUT2D eigenvalue weighted by atomic mass is 35.5. The lowest BCUT2D eigenvalue weighted by Gasteiger charge is -2.11. The molecule has 1 aromatic carbocycles. The zero-order valence-electron chi connectivity index (χ0n) is 10.6. The molecule has 20 heavy (non-hydrogen) atoms. The Kier molecular flexibility index (Phi) is 4.97. The van der Waals surface area contributed by atoms with Gasteiger partial charge >= 0.3 is 5.63 Å². The molecule has 106 valence electrons. The molecule has 0 aliphatic heterocycles. The van der Waals surface area contributed by atoms with E-state index in [2.05, 4.69) is 0 Å². The third-order valence-corrected chi connectivity index (χ3v) is 3.66. The molecule has 0 amide bonds. The molecule has 0 fully saturated rings. The maximum absolute atomic E-state index is 11.6. The molecule has 0 spiro atoms. The molecule has 3 nitrogen and oxygen atoms in total. The third kappa shape index (κ3) is 3.29. The van der Waals surface area contributed by atoms with Crippen molar-refractivity contribution in [2.45, 2.75) is 19.4 Å². The number of hydrogen-bond acceptors (Lipinski definition) is 3. The van der Waals surface area contributed by atoms with Crippen LogP contribution in [0.2, 0.25) is 10.0 Å². The molecular formula is C14H11Cl3O3. The van der Waals surface area contributed by atoms with Crippen molar-refractivity contribution in [1.82, 2.24) is 0 Å². The largest absolute Gasteiger partial charge is 0.485 e. The Balaban J connectivity index is 2.26. The zero-order valence-corrected chi connectivity index (χ0v) is 12.9. The lowest BCUT2D eigenvalue weighted by molar-refractivity contribution is 0.298. The van der Waals surface area contributed by atoms with Gasteiger partial charge in [-0.1, -0.05) is 23.2 Å². The summed E-state index contributed by atoms with van der Waals surface area (Å²) in [5, 5.41) is 0.706. The van der Waals surface area contributed by atoms with Crippen LogP contribution >= 0.6 is 34.8 Å². The van der Waals surface area contributed by atoms with Crippen molar-refractivity contribution in [3.05, 3.63) is 61.6 Å². The topological polar surface area (TPSA) is 39.4 Å². The van der Waals surface area contributed by atoms with E-state index >= 15 is 0 Å². The van der Waals surface area contributed by atoms with Gasteiger partial charge in [-0.15, -0.1) is 11.6 Å². The Bertz CT molecular complexity index is 657. The highest BCUT2D eigenvalue weighted by Gasteiger charge is 2.12. The third-order valence-electron chi connectivity index (χ3n) is 2.79. The van der Waals surface area contributed by atoms with Gasteiger partial charge < -0.3 is 9.15 Å². The van der Waals surface area contributed by atoms with Gasteiger partial charge in [0.1, 0.15) is 6.61 Å². The molecule has 2 rings (SSSR count). The Morgan fingerprint density at radius 1 is 1.25 bits per heavy atom. The maximum atomic E-state index is 11.6. The van der Waals surface area contributed by atoms with Crippen LogP contribution in [0.3, 0.4) is 0 Å². The normalized spacial score (nSPS) is 10.6. The van der Waals surface area contributed by atoms with E-state index < -0.39 is 5.63 Å².